The number of morpholine rings is 1. The fourth-order valence-electron chi connectivity index (χ4n) is 3.71. The summed E-state index contributed by atoms with van der Waals surface area (Å²) in [6.45, 7) is 8.13. The molecule has 138 valence electrons. The largest absolute Gasteiger partial charge is 0.381 e. The van der Waals surface area contributed by atoms with Crippen molar-refractivity contribution in [1.29, 1.82) is 0 Å². The Hall–Kier alpha value is -1.63. The molecule has 2 saturated heterocycles. The van der Waals surface area contributed by atoms with E-state index in [4.69, 9.17) is 9.47 Å². The molecule has 6 nitrogen and oxygen atoms in total. The standard InChI is InChI=1S/C19H29N3O3/c1-16-3-2-4-17(13-16)14-20-18(23)21-15-19(5-9-24-10-6-19)22-7-11-25-12-8-22/h2-4,13H,5-12,14-15H2,1H3,(H2,20,21,23). The average molecular weight is 347 g/mol. The maximum atomic E-state index is 12.3. The van der Waals surface area contributed by atoms with Crippen molar-refractivity contribution in [2.24, 2.45) is 0 Å². The number of rotatable bonds is 5. The van der Waals surface area contributed by atoms with Crippen LogP contribution in [0.15, 0.2) is 24.3 Å². The third kappa shape index (κ3) is 4.93. The SMILES string of the molecule is Cc1cccc(CNC(=O)NCC2(N3CCOCC3)CCOCC2)c1. The molecule has 0 aromatic heterocycles. The molecule has 0 saturated carbocycles. The molecule has 3 rings (SSSR count). The highest BCUT2D eigenvalue weighted by Gasteiger charge is 2.39. The molecule has 6 heteroatoms. The number of hydrogen-bond acceptors (Lipinski definition) is 4. The van der Waals surface area contributed by atoms with Crippen LogP contribution in [-0.2, 0) is 16.0 Å². The van der Waals surface area contributed by atoms with Crippen molar-refractivity contribution >= 4 is 6.03 Å². The molecular weight excluding hydrogens is 318 g/mol. The van der Waals surface area contributed by atoms with Crippen molar-refractivity contribution in [2.45, 2.75) is 31.8 Å². The van der Waals surface area contributed by atoms with Crippen LogP contribution in [0.4, 0.5) is 4.79 Å². The van der Waals surface area contributed by atoms with Gasteiger partial charge < -0.3 is 20.1 Å². The van der Waals surface area contributed by atoms with E-state index in [1.165, 1.54) is 5.56 Å². The zero-order valence-electron chi connectivity index (χ0n) is 15.1. The van der Waals surface area contributed by atoms with Crippen molar-refractivity contribution in [3.63, 3.8) is 0 Å². The fourth-order valence-corrected chi connectivity index (χ4v) is 3.71. The average Bonchev–Trinajstić information content (AvgIpc) is 2.66. The number of ether oxygens (including phenoxy) is 2. The summed E-state index contributed by atoms with van der Waals surface area (Å²) >= 11 is 0. The van der Waals surface area contributed by atoms with Crippen molar-refractivity contribution < 1.29 is 14.3 Å². The van der Waals surface area contributed by atoms with E-state index in [9.17, 15) is 4.79 Å². The predicted octanol–water partition coefficient (Wildman–Crippen LogP) is 1.68. The molecule has 2 heterocycles. The molecule has 2 aliphatic heterocycles. The van der Waals surface area contributed by atoms with E-state index in [-0.39, 0.29) is 11.6 Å². The highest BCUT2D eigenvalue weighted by atomic mass is 16.5. The van der Waals surface area contributed by atoms with Crippen LogP contribution < -0.4 is 10.6 Å². The second kappa shape index (κ2) is 8.65. The van der Waals surface area contributed by atoms with Crippen LogP contribution in [0.2, 0.25) is 0 Å². The Morgan fingerprint density at radius 2 is 1.84 bits per heavy atom. The maximum Gasteiger partial charge on any atom is 0.315 e. The number of nitrogens with one attached hydrogen (secondary N) is 2. The summed E-state index contributed by atoms with van der Waals surface area (Å²) in [5, 5.41) is 6.05. The number of benzene rings is 1. The lowest BCUT2D eigenvalue weighted by atomic mass is 9.87. The number of amides is 2. The summed E-state index contributed by atoms with van der Waals surface area (Å²) in [6, 6.07) is 8.08. The van der Waals surface area contributed by atoms with Crippen LogP contribution in [0.3, 0.4) is 0 Å². The van der Waals surface area contributed by atoms with Gasteiger partial charge in [0, 0.05) is 44.9 Å². The lowest BCUT2D eigenvalue weighted by molar-refractivity contribution is -0.0690. The number of carbonyl (C=O) groups excluding carboxylic acids is 1. The van der Waals surface area contributed by atoms with Gasteiger partial charge in [0.25, 0.3) is 0 Å². The molecule has 0 atom stereocenters. The van der Waals surface area contributed by atoms with E-state index >= 15 is 0 Å². The van der Waals surface area contributed by atoms with Gasteiger partial charge in [-0.25, -0.2) is 4.79 Å². The monoisotopic (exact) mass is 347 g/mol. The second-order valence-corrected chi connectivity index (χ2v) is 6.96. The highest BCUT2D eigenvalue weighted by Crippen LogP contribution is 2.28. The lowest BCUT2D eigenvalue weighted by Gasteiger charge is -2.47. The Morgan fingerprint density at radius 1 is 1.12 bits per heavy atom. The van der Waals surface area contributed by atoms with Crippen LogP contribution in [-0.4, -0.2) is 62.5 Å². The van der Waals surface area contributed by atoms with Gasteiger partial charge in [0.2, 0.25) is 0 Å². The smallest absolute Gasteiger partial charge is 0.315 e. The topological polar surface area (TPSA) is 62.8 Å². The van der Waals surface area contributed by atoms with E-state index in [1.54, 1.807) is 0 Å². The van der Waals surface area contributed by atoms with Gasteiger partial charge in [0.1, 0.15) is 0 Å². The van der Waals surface area contributed by atoms with Crippen LogP contribution in [0.25, 0.3) is 0 Å². The van der Waals surface area contributed by atoms with E-state index in [0.717, 1.165) is 57.9 Å². The molecule has 2 aliphatic rings. The summed E-state index contributed by atoms with van der Waals surface area (Å²) in [7, 11) is 0. The first-order valence-corrected chi connectivity index (χ1v) is 9.16. The summed E-state index contributed by atoms with van der Waals surface area (Å²) < 4.78 is 11.0. The minimum Gasteiger partial charge on any atom is -0.381 e. The van der Waals surface area contributed by atoms with Gasteiger partial charge in [-0.15, -0.1) is 0 Å². The fraction of sp³-hybridized carbons (Fsp3) is 0.632. The minimum absolute atomic E-state index is 0.0112. The summed E-state index contributed by atoms with van der Waals surface area (Å²) in [5.74, 6) is 0. The second-order valence-electron chi connectivity index (χ2n) is 6.96. The Balaban J connectivity index is 1.52. The highest BCUT2D eigenvalue weighted by molar-refractivity contribution is 5.73. The first-order valence-electron chi connectivity index (χ1n) is 9.16. The maximum absolute atomic E-state index is 12.3. The van der Waals surface area contributed by atoms with Crippen molar-refractivity contribution in [1.82, 2.24) is 15.5 Å². The third-order valence-electron chi connectivity index (χ3n) is 5.22. The van der Waals surface area contributed by atoms with Crippen molar-refractivity contribution in [3.05, 3.63) is 35.4 Å². The van der Waals surface area contributed by atoms with Crippen LogP contribution >= 0.6 is 0 Å². The van der Waals surface area contributed by atoms with E-state index < -0.39 is 0 Å². The molecule has 1 aromatic carbocycles. The predicted molar refractivity (Wildman–Crippen MR) is 96.6 cm³/mol. The van der Waals surface area contributed by atoms with Crippen molar-refractivity contribution in [3.8, 4) is 0 Å². The molecule has 2 N–H and O–H groups in total. The van der Waals surface area contributed by atoms with Gasteiger partial charge in [-0.05, 0) is 25.3 Å². The zero-order valence-corrected chi connectivity index (χ0v) is 15.1. The van der Waals surface area contributed by atoms with E-state index in [2.05, 4.69) is 34.6 Å². The van der Waals surface area contributed by atoms with Crippen LogP contribution in [0.1, 0.15) is 24.0 Å². The Kier molecular flexibility index (Phi) is 6.29. The summed E-state index contributed by atoms with van der Waals surface area (Å²) in [5.41, 5.74) is 2.31. The first kappa shape index (κ1) is 18.2. The molecule has 25 heavy (non-hydrogen) atoms. The van der Waals surface area contributed by atoms with Crippen LogP contribution in [0.5, 0.6) is 0 Å². The van der Waals surface area contributed by atoms with Gasteiger partial charge in [0.15, 0.2) is 0 Å². The number of nitrogens with zero attached hydrogens (tertiary/aromatic N) is 1. The molecule has 0 aliphatic carbocycles. The molecule has 0 spiro atoms. The first-order chi connectivity index (χ1) is 12.2. The molecule has 0 bridgehead atoms. The molecule has 0 unspecified atom stereocenters. The molecule has 2 amide bonds. The van der Waals surface area contributed by atoms with E-state index in [1.807, 2.05) is 12.1 Å². The number of aryl methyl sites for hydroxylation is 1. The number of carbonyl (C=O) groups is 1. The zero-order chi connectivity index (χ0) is 17.5. The molecule has 1 aromatic rings. The Morgan fingerprint density at radius 3 is 2.56 bits per heavy atom. The summed E-state index contributed by atoms with van der Waals surface area (Å²) in [4.78, 5) is 14.7. The Labute approximate surface area is 149 Å². The van der Waals surface area contributed by atoms with Gasteiger partial charge >= 0.3 is 6.03 Å². The quantitative estimate of drug-likeness (QED) is 0.851. The molecule has 2 fully saturated rings. The van der Waals surface area contributed by atoms with Crippen LogP contribution in [0, 0.1) is 6.92 Å². The van der Waals surface area contributed by atoms with Gasteiger partial charge in [-0.2, -0.15) is 0 Å². The number of urea groups is 1. The van der Waals surface area contributed by atoms with Gasteiger partial charge in [-0.1, -0.05) is 29.8 Å². The Bertz CT molecular complexity index is 567. The normalized spacial score (nSPS) is 20.8. The molecular formula is C19H29N3O3. The minimum atomic E-state index is -0.111. The van der Waals surface area contributed by atoms with Gasteiger partial charge in [0.05, 0.1) is 13.2 Å². The summed E-state index contributed by atoms with van der Waals surface area (Å²) in [6.07, 6.45) is 1.90. The van der Waals surface area contributed by atoms with Gasteiger partial charge in [-0.3, -0.25) is 4.90 Å². The molecule has 0 radical (unpaired) electrons. The van der Waals surface area contributed by atoms with E-state index in [0.29, 0.717) is 13.1 Å². The lowest BCUT2D eigenvalue weighted by Crippen LogP contribution is -2.61. The van der Waals surface area contributed by atoms with Crippen molar-refractivity contribution in [2.75, 3.05) is 46.1 Å². The number of hydrogen-bond donors (Lipinski definition) is 2. The third-order valence-corrected chi connectivity index (χ3v) is 5.22.